The van der Waals surface area contributed by atoms with Gasteiger partial charge in [0.2, 0.25) is 22.8 Å². The Hall–Kier alpha value is -3.52. The van der Waals surface area contributed by atoms with Crippen molar-refractivity contribution in [2.24, 2.45) is 4.99 Å². The van der Waals surface area contributed by atoms with Crippen LogP contribution in [0.3, 0.4) is 0 Å². The fraction of sp³-hybridized carbons (Fsp3) is 0.0526. The van der Waals surface area contributed by atoms with Gasteiger partial charge in [0.25, 0.3) is 0 Å². The van der Waals surface area contributed by atoms with E-state index in [0.29, 0.717) is 27.1 Å². The number of aromatic nitrogens is 2. The Morgan fingerprint density at radius 3 is 2.56 bits per heavy atom. The van der Waals surface area contributed by atoms with E-state index in [-0.39, 0.29) is 28.6 Å². The first-order chi connectivity index (χ1) is 13.0. The summed E-state index contributed by atoms with van der Waals surface area (Å²) < 4.78 is 1.19. The maximum absolute atomic E-state index is 12.0. The molecule has 1 aliphatic rings. The van der Waals surface area contributed by atoms with E-state index >= 15 is 0 Å². The zero-order valence-electron chi connectivity index (χ0n) is 14.1. The van der Waals surface area contributed by atoms with Crippen LogP contribution < -0.4 is 0 Å². The highest BCUT2D eigenvalue weighted by molar-refractivity contribution is 7.19. The molecule has 134 valence electrons. The van der Waals surface area contributed by atoms with Crippen LogP contribution >= 0.6 is 11.3 Å². The maximum atomic E-state index is 12.0. The Morgan fingerprint density at radius 1 is 1.15 bits per heavy atom. The van der Waals surface area contributed by atoms with Gasteiger partial charge in [-0.25, -0.2) is 4.99 Å². The summed E-state index contributed by atoms with van der Waals surface area (Å²) >= 11 is 1.08. The second kappa shape index (κ2) is 6.33. The van der Waals surface area contributed by atoms with Gasteiger partial charge in [0, 0.05) is 12.3 Å². The third-order valence-electron chi connectivity index (χ3n) is 4.05. The lowest BCUT2D eigenvalue weighted by molar-refractivity contribution is -0.110. The third-order valence-corrected chi connectivity index (χ3v) is 5.01. The molecule has 0 saturated heterocycles. The van der Waals surface area contributed by atoms with Crippen molar-refractivity contribution < 1.29 is 19.8 Å². The van der Waals surface area contributed by atoms with Gasteiger partial charge in [-0.2, -0.15) is 4.98 Å². The van der Waals surface area contributed by atoms with Crippen molar-refractivity contribution >= 4 is 44.8 Å². The summed E-state index contributed by atoms with van der Waals surface area (Å²) in [6, 6.07) is 7.02. The van der Waals surface area contributed by atoms with Crippen LogP contribution in [0.15, 0.2) is 53.6 Å². The van der Waals surface area contributed by atoms with Gasteiger partial charge in [0.05, 0.1) is 16.8 Å². The molecule has 8 heteroatoms. The van der Waals surface area contributed by atoms with Crippen molar-refractivity contribution in [3.8, 4) is 22.2 Å². The molecule has 0 unspecified atom stereocenters. The summed E-state index contributed by atoms with van der Waals surface area (Å²) in [5, 5.41) is 21.8. The summed E-state index contributed by atoms with van der Waals surface area (Å²) in [5.74, 6) is -1.02. The minimum Gasteiger partial charge on any atom is -0.494 e. The van der Waals surface area contributed by atoms with E-state index in [4.69, 9.17) is 0 Å². The lowest BCUT2D eigenvalue weighted by Gasteiger charge is -2.00. The third kappa shape index (κ3) is 2.85. The lowest BCUT2D eigenvalue weighted by Crippen LogP contribution is -2.03. The molecule has 7 nitrogen and oxygen atoms in total. The Labute approximate surface area is 157 Å². The Morgan fingerprint density at radius 2 is 1.85 bits per heavy atom. The minimum absolute atomic E-state index is 0.126. The van der Waals surface area contributed by atoms with Crippen molar-refractivity contribution in [3.05, 3.63) is 48.6 Å². The number of carbonyl (C=O) groups is 2. The van der Waals surface area contributed by atoms with Crippen LogP contribution in [0.25, 0.3) is 21.3 Å². The van der Waals surface area contributed by atoms with E-state index in [1.165, 1.54) is 23.6 Å². The molecule has 0 saturated carbocycles. The molecule has 0 spiro atoms. The number of aliphatic imine (C=N–C) groups is 1. The number of carbonyl (C=O) groups excluding carboxylic acids is 2. The number of para-hydroxylation sites is 1. The van der Waals surface area contributed by atoms with Crippen LogP contribution in [0.1, 0.15) is 11.7 Å². The van der Waals surface area contributed by atoms with Crippen LogP contribution in [0.2, 0.25) is 0 Å². The summed E-state index contributed by atoms with van der Waals surface area (Å²) in [7, 11) is 0. The normalized spacial score (nSPS) is 13.5. The predicted octanol–water partition coefficient (Wildman–Crippen LogP) is 3.60. The number of rotatable bonds is 2. The van der Waals surface area contributed by atoms with Crippen molar-refractivity contribution in [2.45, 2.75) is 6.92 Å². The Kier molecular flexibility index (Phi) is 3.97. The number of thiazole rings is 1. The molecule has 1 aromatic carbocycles. The van der Waals surface area contributed by atoms with E-state index < -0.39 is 0 Å². The smallest absolute Gasteiger partial charge is 0.232 e. The summed E-state index contributed by atoms with van der Waals surface area (Å²) in [5.41, 5.74) is 1.38. The highest BCUT2D eigenvalue weighted by Gasteiger charge is 2.25. The Balaban J connectivity index is 1.88. The predicted molar refractivity (Wildman–Crippen MR) is 103 cm³/mol. The fourth-order valence-electron chi connectivity index (χ4n) is 2.91. The Bertz CT molecular complexity index is 1180. The fourth-order valence-corrected chi connectivity index (χ4v) is 3.82. The zero-order chi connectivity index (χ0) is 19.1. The molecular weight excluding hydrogens is 366 g/mol. The van der Waals surface area contributed by atoms with Gasteiger partial charge in [0.1, 0.15) is 4.88 Å². The first-order valence-corrected chi connectivity index (χ1v) is 8.79. The van der Waals surface area contributed by atoms with Crippen LogP contribution in [0.4, 0.5) is 5.13 Å². The number of nitrogens with zero attached hydrogens (tertiary/aromatic N) is 3. The number of allylic oxidation sites excluding steroid dienone is 4. The molecule has 27 heavy (non-hydrogen) atoms. The molecule has 0 radical (unpaired) electrons. The van der Waals surface area contributed by atoms with E-state index in [0.717, 1.165) is 11.3 Å². The van der Waals surface area contributed by atoms with Crippen molar-refractivity contribution in [2.75, 3.05) is 0 Å². The second-order valence-corrected chi connectivity index (χ2v) is 6.80. The average Bonchev–Trinajstić information content (AvgIpc) is 3.13. The quantitative estimate of drug-likeness (QED) is 0.662. The van der Waals surface area contributed by atoms with E-state index in [2.05, 4.69) is 9.98 Å². The molecule has 0 amide bonds. The number of hydrogen-bond acceptors (Lipinski definition) is 7. The van der Waals surface area contributed by atoms with Gasteiger partial charge in [-0.05, 0) is 30.4 Å². The average molecular weight is 379 g/mol. The molecule has 2 heterocycles. The van der Waals surface area contributed by atoms with Crippen LogP contribution in [0, 0.1) is 0 Å². The molecular formula is C19H13N3O4S. The first-order valence-electron chi connectivity index (χ1n) is 7.98. The highest BCUT2D eigenvalue weighted by atomic mass is 32.1. The zero-order valence-corrected chi connectivity index (χ0v) is 14.9. The first kappa shape index (κ1) is 16.9. The molecule has 2 N–H and O–H groups in total. The maximum Gasteiger partial charge on any atom is 0.232 e. The number of ketones is 1. The van der Waals surface area contributed by atoms with Gasteiger partial charge < -0.3 is 10.2 Å². The van der Waals surface area contributed by atoms with Gasteiger partial charge >= 0.3 is 0 Å². The van der Waals surface area contributed by atoms with E-state index in [9.17, 15) is 19.8 Å². The molecule has 3 aromatic rings. The van der Waals surface area contributed by atoms with Crippen LogP contribution in [-0.2, 0) is 4.79 Å². The molecule has 0 bridgehead atoms. The van der Waals surface area contributed by atoms with Gasteiger partial charge in [-0.15, -0.1) is 0 Å². The highest BCUT2D eigenvalue weighted by Crippen LogP contribution is 2.47. The van der Waals surface area contributed by atoms with Crippen molar-refractivity contribution in [1.82, 2.24) is 9.55 Å². The van der Waals surface area contributed by atoms with Crippen molar-refractivity contribution in [1.29, 1.82) is 0 Å². The second-order valence-electron chi connectivity index (χ2n) is 5.83. The summed E-state index contributed by atoms with van der Waals surface area (Å²) in [4.78, 5) is 31.8. The van der Waals surface area contributed by atoms with Crippen LogP contribution in [0.5, 0.6) is 11.8 Å². The minimum atomic E-state index is -0.346. The van der Waals surface area contributed by atoms with Crippen LogP contribution in [-0.4, -0.2) is 37.2 Å². The van der Waals surface area contributed by atoms with Crippen molar-refractivity contribution in [3.63, 3.8) is 0 Å². The standard InChI is InChI=1S/C19H13N3O4S/c1-10(23)22-14-5-3-2-4-13(14)15(18(22)26)16-17(25)21-19(27-16)20-11-6-8-12(24)9-7-11/h2-9,25-26H,1H3. The summed E-state index contributed by atoms with van der Waals surface area (Å²) in [6.45, 7) is 1.35. The summed E-state index contributed by atoms with van der Waals surface area (Å²) in [6.07, 6.45) is 5.89. The number of fused-ring (bicyclic) bond motifs is 1. The van der Waals surface area contributed by atoms with Gasteiger partial charge in [0.15, 0.2) is 5.78 Å². The topological polar surface area (TPSA) is 105 Å². The number of hydrogen-bond donors (Lipinski definition) is 2. The van der Waals surface area contributed by atoms with E-state index in [1.54, 1.807) is 36.4 Å². The molecule has 2 aromatic heterocycles. The largest absolute Gasteiger partial charge is 0.494 e. The molecule has 1 aliphatic carbocycles. The molecule has 0 atom stereocenters. The monoisotopic (exact) mass is 379 g/mol. The van der Waals surface area contributed by atoms with Gasteiger partial charge in [-0.3, -0.25) is 14.2 Å². The molecule has 4 rings (SSSR count). The molecule has 0 aliphatic heterocycles. The molecule has 0 fully saturated rings. The number of benzene rings is 1. The van der Waals surface area contributed by atoms with Gasteiger partial charge in [-0.1, -0.05) is 29.5 Å². The number of aromatic hydroxyl groups is 2. The van der Waals surface area contributed by atoms with E-state index in [1.807, 2.05) is 0 Å². The lowest BCUT2D eigenvalue weighted by atomic mass is 10.1. The SMILES string of the molecule is CC(=O)n1c(O)c(-c2sc(N=C3C=CC(=O)C=C3)nc2O)c2ccccc21.